The molecule has 2 nitrogen and oxygen atoms in total. The number of carbonyl (C=O) groups is 1. The highest BCUT2D eigenvalue weighted by atomic mass is 16.6. The Morgan fingerprint density at radius 2 is 1.59 bits per heavy atom. The first-order valence-corrected chi connectivity index (χ1v) is 9.52. The highest BCUT2D eigenvalue weighted by Crippen LogP contribution is 2.54. The second-order valence-electron chi connectivity index (χ2n) is 8.00. The molecular formula is C20H32O2. The van der Waals surface area contributed by atoms with Crippen molar-refractivity contribution >= 4 is 5.97 Å². The van der Waals surface area contributed by atoms with Crippen LogP contribution < -0.4 is 0 Å². The summed E-state index contributed by atoms with van der Waals surface area (Å²) in [5.74, 6) is 1.86. The molecule has 0 saturated heterocycles. The molecule has 3 saturated carbocycles. The van der Waals surface area contributed by atoms with E-state index >= 15 is 0 Å². The van der Waals surface area contributed by atoms with Crippen molar-refractivity contribution in [1.29, 1.82) is 0 Å². The Balaban J connectivity index is 1.86. The number of carbonyl (C=O) groups excluding carboxylic acids is 1. The minimum atomic E-state index is -0.161. The maximum atomic E-state index is 12.4. The van der Waals surface area contributed by atoms with Crippen molar-refractivity contribution in [3.63, 3.8) is 0 Å². The minimum Gasteiger partial charge on any atom is -0.455 e. The molecule has 124 valence electrons. The van der Waals surface area contributed by atoms with Crippen molar-refractivity contribution in [2.45, 2.75) is 89.6 Å². The van der Waals surface area contributed by atoms with Crippen LogP contribution in [-0.2, 0) is 9.53 Å². The van der Waals surface area contributed by atoms with Crippen LogP contribution in [0.5, 0.6) is 0 Å². The summed E-state index contributed by atoms with van der Waals surface area (Å²) < 4.78 is 6.29. The molecule has 3 fully saturated rings. The van der Waals surface area contributed by atoms with Gasteiger partial charge in [0.2, 0.25) is 0 Å². The molecule has 22 heavy (non-hydrogen) atoms. The van der Waals surface area contributed by atoms with E-state index in [1.807, 2.05) is 0 Å². The monoisotopic (exact) mass is 304 g/mol. The zero-order chi connectivity index (χ0) is 15.6. The highest BCUT2D eigenvalue weighted by molar-refractivity contribution is 5.87. The van der Waals surface area contributed by atoms with E-state index in [1.54, 1.807) is 6.92 Å². The lowest BCUT2D eigenvalue weighted by atomic mass is 9.67. The Labute approximate surface area is 135 Å². The third-order valence-corrected chi connectivity index (χ3v) is 6.61. The lowest BCUT2D eigenvalue weighted by molar-refractivity contribution is -0.173. The van der Waals surface area contributed by atoms with Gasteiger partial charge in [0.25, 0.3) is 0 Å². The van der Waals surface area contributed by atoms with Gasteiger partial charge in [0, 0.05) is 11.5 Å². The minimum absolute atomic E-state index is 0.143. The second-order valence-corrected chi connectivity index (χ2v) is 8.00. The fourth-order valence-electron chi connectivity index (χ4n) is 5.59. The van der Waals surface area contributed by atoms with Crippen molar-refractivity contribution in [3.05, 3.63) is 12.2 Å². The van der Waals surface area contributed by atoms with Gasteiger partial charge in [0.05, 0.1) is 0 Å². The normalized spacial score (nSPS) is 34.0. The molecule has 0 heterocycles. The first kappa shape index (κ1) is 16.1. The Morgan fingerprint density at radius 3 is 2.23 bits per heavy atom. The number of ether oxygens (including phenoxy) is 1. The number of hydrogen-bond donors (Lipinski definition) is 0. The van der Waals surface area contributed by atoms with E-state index in [9.17, 15) is 4.79 Å². The largest absolute Gasteiger partial charge is 0.455 e. The maximum absolute atomic E-state index is 12.4. The molecule has 0 radical (unpaired) electrons. The lowest BCUT2D eigenvalue weighted by Gasteiger charge is -2.45. The van der Waals surface area contributed by atoms with E-state index in [-0.39, 0.29) is 11.6 Å². The summed E-state index contributed by atoms with van der Waals surface area (Å²) in [4.78, 5) is 12.4. The van der Waals surface area contributed by atoms with Crippen LogP contribution in [0.15, 0.2) is 12.2 Å². The van der Waals surface area contributed by atoms with Gasteiger partial charge in [-0.15, -0.1) is 0 Å². The Hall–Kier alpha value is -0.790. The van der Waals surface area contributed by atoms with Crippen molar-refractivity contribution in [3.8, 4) is 0 Å². The Morgan fingerprint density at radius 1 is 0.955 bits per heavy atom. The molecule has 2 heteroatoms. The van der Waals surface area contributed by atoms with Crippen molar-refractivity contribution in [2.75, 3.05) is 0 Å². The fourth-order valence-corrected chi connectivity index (χ4v) is 5.59. The van der Waals surface area contributed by atoms with Gasteiger partial charge < -0.3 is 4.74 Å². The van der Waals surface area contributed by atoms with Crippen LogP contribution in [0.1, 0.15) is 84.0 Å². The summed E-state index contributed by atoms with van der Waals surface area (Å²) in [5, 5.41) is 0. The molecule has 2 atom stereocenters. The highest BCUT2D eigenvalue weighted by Gasteiger charge is 2.54. The van der Waals surface area contributed by atoms with E-state index in [0.29, 0.717) is 17.4 Å². The van der Waals surface area contributed by atoms with Crippen LogP contribution in [0, 0.1) is 17.8 Å². The predicted molar refractivity (Wildman–Crippen MR) is 89.5 cm³/mol. The molecular weight excluding hydrogens is 272 g/mol. The summed E-state index contributed by atoms with van der Waals surface area (Å²) in [6, 6.07) is 0. The van der Waals surface area contributed by atoms with Gasteiger partial charge in [-0.2, -0.15) is 0 Å². The molecule has 0 bridgehead atoms. The van der Waals surface area contributed by atoms with Gasteiger partial charge in [0.15, 0.2) is 0 Å². The predicted octanol–water partition coefficient (Wildman–Crippen LogP) is 5.42. The van der Waals surface area contributed by atoms with E-state index in [2.05, 4.69) is 6.58 Å². The first-order chi connectivity index (χ1) is 10.6. The molecule has 0 aliphatic heterocycles. The topological polar surface area (TPSA) is 26.3 Å². The molecule has 0 aromatic carbocycles. The van der Waals surface area contributed by atoms with Crippen LogP contribution in [0.2, 0.25) is 0 Å². The molecule has 3 aliphatic rings. The molecule has 0 N–H and O–H groups in total. The average Bonchev–Trinajstić information content (AvgIpc) is 3.17. The van der Waals surface area contributed by atoms with Gasteiger partial charge in [0.1, 0.15) is 5.60 Å². The van der Waals surface area contributed by atoms with Gasteiger partial charge in [-0.1, -0.05) is 51.5 Å². The van der Waals surface area contributed by atoms with Crippen LogP contribution in [0.4, 0.5) is 0 Å². The van der Waals surface area contributed by atoms with Crippen LogP contribution >= 0.6 is 0 Å². The average molecular weight is 304 g/mol. The third-order valence-electron chi connectivity index (χ3n) is 6.61. The molecule has 3 rings (SSSR count). The van der Waals surface area contributed by atoms with Crippen LogP contribution in [0.3, 0.4) is 0 Å². The molecule has 0 aromatic rings. The van der Waals surface area contributed by atoms with E-state index in [1.165, 1.54) is 70.6 Å². The SMILES string of the molecule is C=C(C)C(=O)OC1(C2CCCCC2)CCCC1C1CCCC1. The molecule has 2 unspecified atom stereocenters. The summed E-state index contributed by atoms with van der Waals surface area (Å²) in [6.45, 7) is 5.61. The zero-order valence-corrected chi connectivity index (χ0v) is 14.2. The van der Waals surface area contributed by atoms with Crippen LogP contribution in [-0.4, -0.2) is 11.6 Å². The number of rotatable bonds is 4. The smallest absolute Gasteiger partial charge is 0.333 e. The van der Waals surface area contributed by atoms with Gasteiger partial charge in [-0.3, -0.25) is 0 Å². The number of hydrogen-bond acceptors (Lipinski definition) is 2. The fraction of sp³-hybridized carbons (Fsp3) is 0.850. The number of esters is 1. The third kappa shape index (κ3) is 2.98. The molecule has 0 aromatic heterocycles. The van der Waals surface area contributed by atoms with E-state index < -0.39 is 0 Å². The quantitative estimate of drug-likeness (QED) is 0.512. The Kier molecular flexibility index (Phi) is 4.94. The van der Waals surface area contributed by atoms with Gasteiger partial charge in [-0.05, 0) is 50.9 Å². The molecule has 0 amide bonds. The maximum Gasteiger partial charge on any atom is 0.333 e. The lowest BCUT2D eigenvalue weighted by Crippen LogP contribution is -2.48. The Bertz CT molecular complexity index is 415. The van der Waals surface area contributed by atoms with Crippen molar-refractivity contribution in [1.82, 2.24) is 0 Å². The van der Waals surface area contributed by atoms with Crippen LogP contribution in [0.25, 0.3) is 0 Å². The summed E-state index contributed by atoms with van der Waals surface area (Å²) >= 11 is 0. The summed E-state index contributed by atoms with van der Waals surface area (Å²) in [7, 11) is 0. The van der Waals surface area contributed by atoms with Gasteiger partial charge in [-0.25, -0.2) is 4.79 Å². The molecule has 3 aliphatic carbocycles. The second kappa shape index (κ2) is 6.76. The van der Waals surface area contributed by atoms with E-state index in [4.69, 9.17) is 4.74 Å². The summed E-state index contributed by atoms with van der Waals surface area (Å²) in [6.07, 6.45) is 15.5. The first-order valence-electron chi connectivity index (χ1n) is 9.52. The van der Waals surface area contributed by atoms with Crippen molar-refractivity contribution < 1.29 is 9.53 Å². The standard InChI is InChI=1S/C20H32O2/c1-15(2)19(21)22-20(17-11-4-3-5-12-17)14-8-13-18(20)16-9-6-7-10-16/h16-18H,1,3-14H2,2H3. The van der Waals surface area contributed by atoms with E-state index in [0.717, 1.165) is 12.3 Å². The van der Waals surface area contributed by atoms with Gasteiger partial charge >= 0.3 is 5.97 Å². The van der Waals surface area contributed by atoms with Crippen molar-refractivity contribution in [2.24, 2.45) is 17.8 Å². The molecule has 0 spiro atoms. The zero-order valence-electron chi connectivity index (χ0n) is 14.2. The summed E-state index contributed by atoms with van der Waals surface area (Å²) in [5.41, 5.74) is 0.401.